The van der Waals surface area contributed by atoms with Crippen LogP contribution < -0.4 is 11.1 Å². The highest BCUT2D eigenvalue weighted by Crippen LogP contribution is 2.34. The molecule has 130 valence electrons. The molecule has 2 aliphatic rings. The molecule has 2 atom stereocenters. The molecule has 1 fully saturated rings. The molecule has 0 spiro atoms. The third-order valence-corrected chi connectivity index (χ3v) is 5.58. The number of aryl methyl sites for hydroxylation is 1. The molecule has 1 aliphatic heterocycles. The van der Waals surface area contributed by atoms with E-state index in [0.29, 0.717) is 12.5 Å². The summed E-state index contributed by atoms with van der Waals surface area (Å²) >= 11 is 6.02. The number of carbonyl (C=O) groups is 2. The maximum Gasteiger partial charge on any atom is 0.227 e. The van der Waals surface area contributed by atoms with Crippen molar-refractivity contribution in [2.75, 3.05) is 19.6 Å². The topological polar surface area (TPSA) is 75.4 Å². The van der Waals surface area contributed by atoms with Crippen molar-refractivity contribution in [1.29, 1.82) is 0 Å². The van der Waals surface area contributed by atoms with Crippen molar-refractivity contribution in [3.05, 3.63) is 34.3 Å². The van der Waals surface area contributed by atoms with E-state index in [9.17, 15) is 9.59 Å². The van der Waals surface area contributed by atoms with Crippen LogP contribution in [-0.2, 0) is 16.0 Å². The zero-order valence-corrected chi connectivity index (χ0v) is 14.5. The summed E-state index contributed by atoms with van der Waals surface area (Å²) in [5.41, 5.74) is 8.52. The Balaban J connectivity index is 1.51. The van der Waals surface area contributed by atoms with Gasteiger partial charge in [0.05, 0.1) is 5.92 Å². The number of carbonyl (C=O) groups excluding carboxylic acids is 2. The summed E-state index contributed by atoms with van der Waals surface area (Å²) in [4.78, 5) is 25.1. The van der Waals surface area contributed by atoms with Gasteiger partial charge in [-0.15, -0.1) is 0 Å². The smallest absolute Gasteiger partial charge is 0.227 e. The van der Waals surface area contributed by atoms with Crippen molar-refractivity contribution >= 4 is 23.9 Å². The van der Waals surface area contributed by atoms with Crippen LogP contribution in [0.15, 0.2) is 18.2 Å². The van der Waals surface area contributed by atoms with Gasteiger partial charge in [-0.2, -0.15) is 0 Å². The van der Waals surface area contributed by atoms with E-state index in [1.807, 2.05) is 18.2 Å². The molecule has 5 nitrogen and oxygen atoms in total. The van der Waals surface area contributed by atoms with Crippen molar-refractivity contribution in [2.45, 2.75) is 37.6 Å². The first-order valence-corrected chi connectivity index (χ1v) is 8.97. The number of nitrogens with two attached hydrogens (primary N) is 1. The van der Waals surface area contributed by atoms with E-state index in [2.05, 4.69) is 5.32 Å². The molecule has 1 aromatic carbocycles. The summed E-state index contributed by atoms with van der Waals surface area (Å²) in [6.07, 6.45) is 4.42. The Kier molecular flexibility index (Phi) is 5.41. The number of nitrogens with zero attached hydrogens (tertiary/aromatic N) is 1. The van der Waals surface area contributed by atoms with Crippen LogP contribution >= 0.6 is 11.6 Å². The average molecular weight is 350 g/mol. The molecular weight excluding hydrogens is 326 g/mol. The summed E-state index contributed by atoms with van der Waals surface area (Å²) in [5, 5.41) is 3.74. The monoisotopic (exact) mass is 349 g/mol. The van der Waals surface area contributed by atoms with Gasteiger partial charge < -0.3 is 16.0 Å². The third kappa shape index (κ3) is 3.73. The van der Waals surface area contributed by atoms with Gasteiger partial charge in [0.2, 0.25) is 12.3 Å². The minimum Gasteiger partial charge on any atom is -0.354 e. The molecule has 1 aliphatic carbocycles. The zero-order chi connectivity index (χ0) is 17.1. The van der Waals surface area contributed by atoms with E-state index >= 15 is 0 Å². The molecule has 0 radical (unpaired) electrons. The molecule has 6 heteroatoms. The summed E-state index contributed by atoms with van der Waals surface area (Å²) in [5.74, 6) is 0.314. The normalized spacial score (nSPS) is 22.1. The molecule has 0 saturated carbocycles. The van der Waals surface area contributed by atoms with Crippen molar-refractivity contribution in [3.63, 3.8) is 0 Å². The van der Waals surface area contributed by atoms with Gasteiger partial charge in [0.1, 0.15) is 0 Å². The zero-order valence-electron chi connectivity index (χ0n) is 13.7. The third-order valence-electron chi connectivity index (χ3n) is 5.34. The van der Waals surface area contributed by atoms with Gasteiger partial charge in [0.15, 0.2) is 0 Å². The van der Waals surface area contributed by atoms with Crippen LogP contribution in [0.2, 0.25) is 5.02 Å². The van der Waals surface area contributed by atoms with E-state index in [4.69, 9.17) is 17.3 Å². The van der Waals surface area contributed by atoms with Gasteiger partial charge in [-0.3, -0.25) is 9.59 Å². The first-order valence-electron chi connectivity index (χ1n) is 8.59. The van der Waals surface area contributed by atoms with Crippen molar-refractivity contribution in [2.24, 2.45) is 11.7 Å². The lowest BCUT2D eigenvalue weighted by atomic mass is 9.90. The SMILES string of the molecule is NC(CNC(=O)C1CCc2cc(Cl)ccc21)C1CCN(C=O)CC1. The number of halogens is 1. The molecule has 3 rings (SSSR count). The highest BCUT2D eigenvalue weighted by Gasteiger charge is 2.30. The highest BCUT2D eigenvalue weighted by molar-refractivity contribution is 6.30. The second-order valence-electron chi connectivity index (χ2n) is 6.82. The first kappa shape index (κ1) is 17.2. The second-order valence-corrected chi connectivity index (χ2v) is 7.26. The van der Waals surface area contributed by atoms with Crippen LogP contribution in [0.3, 0.4) is 0 Å². The minimum atomic E-state index is -0.0959. The molecule has 0 aromatic heterocycles. The lowest BCUT2D eigenvalue weighted by Crippen LogP contribution is -2.47. The second kappa shape index (κ2) is 7.53. The summed E-state index contributed by atoms with van der Waals surface area (Å²) in [6, 6.07) is 5.70. The van der Waals surface area contributed by atoms with Gasteiger partial charge in [-0.25, -0.2) is 0 Å². The summed E-state index contributed by atoms with van der Waals surface area (Å²) in [7, 11) is 0. The van der Waals surface area contributed by atoms with Crippen molar-refractivity contribution in [1.82, 2.24) is 10.2 Å². The fraction of sp³-hybridized carbons (Fsp3) is 0.556. The van der Waals surface area contributed by atoms with Crippen LogP contribution in [0, 0.1) is 5.92 Å². The van der Waals surface area contributed by atoms with E-state index in [1.54, 1.807) is 4.90 Å². The molecule has 1 saturated heterocycles. The molecule has 1 heterocycles. The van der Waals surface area contributed by atoms with E-state index in [-0.39, 0.29) is 17.9 Å². The van der Waals surface area contributed by atoms with Gasteiger partial charge in [-0.1, -0.05) is 17.7 Å². The van der Waals surface area contributed by atoms with Crippen LogP contribution in [0.25, 0.3) is 0 Å². The Morgan fingerprint density at radius 3 is 2.83 bits per heavy atom. The van der Waals surface area contributed by atoms with Crippen LogP contribution in [0.4, 0.5) is 0 Å². The predicted octanol–water partition coefficient (Wildman–Crippen LogP) is 1.68. The number of likely N-dealkylation sites (tertiary alicyclic amines) is 1. The number of benzene rings is 1. The first-order chi connectivity index (χ1) is 11.6. The molecule has 3 N–H and O–H groups in total. The quantitative estimate of drug-likeness (QED) is 0.794. The van der Waals surface area contributed by atoms with Gasteiger partial charge in [-0.05, 0) is 54.9 Å². The lowest BCUT2D eigenvalue weighted by molar-refractivity contribution is -0.122. The van der Waals surface area contributed by atoms with Gasteiger partial charge >= 0.3 is 0 Å². The van der Waals surface area contributed by atoms with E-state index in [0.717, 1.165) is 55.8 Å². The number of hydrogen-bond acceptors (Lipinski definition) is 3. The largest absolute Gasteiger partial charge is 0.354 e. The number of rotatable bonds is 5. The van der Waals surface area contributed by atoms with Crippen LogP contribution in [0.5, 0.6) is 0 Å². The number of nitrogens with one attached hydrogen (secondary N) is 1. The van der Waals surface area contributed by atoms with E-state index < -0.39 is 0 Å². The van der Waals surface area contributed by atoms with Crippen molar-refractivity contribution in [3.8, 4) is 0 Å². The van der Waals surface area contributed by atoms with E-state index in [1.165, 1.54) is 5.56 Å². The fourth-order valence-corrected chi connectivity index (χ4v) is 4.01. The average Bonchev–Trinajstić information content (AvgIpc) is 3.02. The Morgan fingerprint density at radius 2 is 2.12 bits per heavy atom. The maximum absolute atomic E-state index is 12.5. The lowest BCUT2D eigenvalue weighted by Gasteiger charge is -2.32. The number of hydrogen-bond donors (Lipinski definition) is 2. The summed E-state index contributed by atoms with van der Waals surface area (Å²) in [6.45, 7) is 2.00. The summed E-state index contributed by atoms with van der Waals surface area (Å²) < 4.78 is 0. The van der Waals surface area contributed by atoms with Crippen LogP contribution in [0.1, 0.15) is 36.3 Å². The Morgan fingerprint density at radius 1 is 1.38 bits per heavy atom. The molecular formula is C18H24ClN3O2. The number of piperidine rings is 1. The molecule has 1 aromatic rings. The predicted molar refractivity (Wildman–Crippen MR) is 93.9 cm³/mol. The molecule has 0 bridgehead atoms. The van der Waals surface area contributed by atoms with Crippen molar-refractivity contribution < 1.29 is 9.59 Å². The van der Waals surface area contributed by atoms with Gasteiger partial charge in [0.25, 0.3) is 0 Å². The number of fused-ring (bicyclic) bond motifs is 1. The Hall–Kier alpha value is -1.59. The highest BCUT2D eigenvalue weighted by atomic mass is 35.5. The molecule has 2 amide bonds. The maximum atomic E-state index is 12.5. The number of amides is 2. The minimum absolute atomic E-state index is 0.0526. The van der Waals surface area contributed by atoms with Gasteiger partial charge in [0, 0.05) is 30.7 Å². The Labute approximate surface area is 147 Å². The van der Waals surface area contributed by atoms with Crippen LogP contribution in [-0.4, -0.2) is 42.9 Å². The standard InChI is InChI=1S/C18H24ClN3O2/c19-14-2-4-15-13(9-14)1-3-16(15)18(24)21-10-17(20)12-5-7-22(11-23)8-6-12/h2,4,9,11-12,16-17H,1,3,5-8,10,20H2,(H,21,24). The molecule has 2 unspecified atom stereocenters. The Bertz CT molecular complexity index is 614. The fourth-order valence-electron chi connectivity index (χ4n) is 3.82. The molecule has 24 heavy (non-hydrogen) atoms.